The molecule has 0 saturated carbocycles. The van der Waals surface area contributed by atoms with E-state index in [1.807, 2.05) is 0 Å². The second-order valence-electron chi connectivity index (χ2n) is 14.8. The molecule has 0 unspecified atom stereocenters. The first-order valence-corrected chi connectivity index (χ1v) is 22.4. The van der Waals surface area contributed by atoms with Gasteiger partial charge in [0.2, 0.25) is 0 Å². The Morgan fingerprint density at radius 2 is 0.927 bits per heavy atom. The molecule has 6 rings (SSSR count). The minimum atomic E-state index is -2.14. The van der Waals surface area contributed by atoms with Crippen LogP contribution in [0, 0.1) is 0 Å². The van der Waals surface area contributed by atoms with Crippen LogP contribution in [0.15, 0.2) is 188 Å². The van der Waals surface area contributed by atoms with Crippen molar-refractivity contribution in [2.24, 2.45) is 0 Å². The maximum absolute atomic E-state index is 6.04. The summed E-state index contributed by atoms with van der Waals surface area (Å²) in [5, 5.41) is 4.54. The Bertz CT molecular complexity index is 1930. The summed E-state index contributed by atoms with van der Waals surface area (Å²) in [6.45, 7) is 1.56. The zero-order valence-corrected chi connectivity index (χ0v) is 33.8. The fourth-order valence-corrected chi connectivity index (χ4v) is 12.7. The minimum Gasteiger partial charge on any atom is -0.0622 e. The van der Waals surface area contributed by atoms with Crippen LogP contribution in [0.1, 0.15) is 61.6 Å². The number of likely N-dealkylation sites (N-methyl/N-ethyl adjacent to an activating group) is 1. The van der Waals surface area contributed by atoms with E-state index in [2.05, 4.69) is 207 Å². The minimum absolute atomic E-state index is 0.671. The van der Waals surface area contributed by atoms with Gasteiger partial charge in [-0.05, 0) is 37.4 Å². The second kappa shape index (κ2) is 21.2. The summed E-state index contributed by atoms with van der Waals surface area (Å²) in [6.07, 6.45) is 14.6. The third-order valence-electron chi connectivity index (χ3n) is 10.6. The molecule has 0 aliphatic carbocycles. The normalized spacial score (nSPS) is 12.5. The Labute approximate surface area is 331 Å². The first-order chi connectivity index (χ1) is 27.1. The quantitative estimate of drug-likeness (QED) is 0.0334. The number of ether oxygens (including phenoxy) is 1. The molecule has 0 amide bonds. The Morgan fingerprint density at radius 1 is 0.491 bits per heavy atom. The molecule has 282 valence electrons. The molecule has 0 aliphatic heterocycles. The van der Waals surface area contributed by atoms with Crippen LogP contribution < -0.4 is 20.7 Å². The zero-order valence-electron chi connectivity index (χ0n) is 32.8. The van der Waals surface area contributed by atoms with Crippen molar-refractivity contribution in [3.05, 3.63) is 205 Å². The molecule has 0 spiro atoms. The molecule has 3 heteroatoms. The molecular weight excluding hydrogens is 686 g/mol. The van der Waals surface area contributed by atoms with Gasteiger partial charge in [-0.1, -0.05) is 72.8 Å². The van der Waals surface area contributed by atoms with Gasteiger partial charge in [-0.2, -0.15) is 0 Å². The molecule has 55 heavy (non-hydrogen) atoms. The average Bonchev–Trinajstić information content (AvgIpc) is 3.24. The van der Waals surface area contributed by atoms with Gasteiger partial charge in [0.15, 0.2) is 0 Å². The Kier molecular flexibility index (Phi) is 15.3. The predicted octanol–water partition coefficient (Wildman–Crippen LogP) is 11.6. The third-order valence-corrected chi connectivity index (χ3v) is 15.7. The molecule has 0 saturated heterocycles. The Hall–Kier alpha value is -5.01. The molecule has 0 atom stereocenters. The number of benzene rings is 6. The average molecular weight is 744 g/mol. The van der Waals surface area contributed by atoms with Gasteiger partial charge < -0.3 is 9.64 Å². The molecule has 0 fully saturated rings. The number of unbranched alkanes of at least 4 members (excludes halogenated alkanes) is 6. The molecule has 0 aliphatic rings. The zero-order chi connectivity index (χ0) is 38.0. The molecule has 6 aromatic rings. The summed E-state index contributed by atoms with van der Waals surface area (Å²) >= 11 is 0. The summed E-state index contributed by atoms with van der Waals surface area (Å²) < 4.78 is 6.04. The van der Waals surface area contributed by atoms with Gasteiger partial charge in [0.05, 0.1) is 0 Å². The van der Waals surface area contributed by atoms with Gasteiger partial charge in [-0.25, -0.2) is 0 Å². The molecule has 0 bridgehead atoms. The fourth-order valence-electron chi connectivity index (χ4n) is 7.75. The van der Waals surface area contributed by atoms with Gasteiger partial charge in [0.25, 0.3) is 0 Å². The molecule has 0 N–H and O–H groups in total. The van der Waals surface area contributed by atoms with E-state index in [1.54, 1.807) is 0 Å². The monoisotopic (exact) mass is 743 g/mol. The summed E-state index contributed by atoms with van der Waals surface area (Å²) in [7, 11) is 2.00. The van der Waals surface area contributed by atoms with Crippen LogP contribution in [0.25, 0.3) is 11.1 Å². The molecule has 2 nitrogen and oxygen atoms in total. The van der Waals surface area contributed by atoms with Crippen LogP contribution in [-0.4, -0.2) is 38.3 Å². The van der Waals surface area contributed by atoms with Crippen molar-refractivity contribution in [1.29, 1.82) is 0 Å². The second-order valence-corrected chi connectivity index (χ2v) is 18.8. The van der Waals surface area contributed by atoms with Gasteiger partial charge in [-0.15, -0.1) is 0 Å². The first kappa shape index (κ1) is 39.7. The molecule has 0 aromatic heterocycles. The molecule has 0 heterocycles. The van der Waals surface area contributed by atoms with Crippen molar-refractivity contribution < 1.29 is 4.74 Å². The van der Waals surface area contributed by atoms with E-state index >= 15 is 0 Å². The standard InChI is InChI=1S/C52H58NOP/c1-53(2)41-42-54-47-39-37-46(38-40-47)52(45-28-16-10-17-29-45)51(44-26-14-9-15-27-44)36-24-7-5-3-4-6-8-25-43-55(48-30-18-11-19-31-48,49-32-20-12-21-33-49)50-34-22-13-23-35-50/h9-24,26-40,55H,3-8,25,41-43H2,1-2H3/b36-24?,52-51-. The van der Waals surface area contributed by atoms with Crippen molar-refractivity contribution in [3.63, 3.8) is 0 Å². The summed E-state index contributed by atoms with van der Waals surface area (Å²) in [4.78, 5) is 2.14. The number of allylic oxidation sites excluding steroid dienone is 3. The van der Waals surface area contributed by atoms with E-state index in [4.69, 9.17) is 4.74 Å². The van der Waals surface area contributed by atoms with Crippen molar-refractivity contribution in [2.45, 2.75) is 44.9 Å². The van der Waals surface area contributed by atoms with E-state index in [0.717, 1.165) is 18.7 Å². The van der Waals surface area contributed by atoms with E-state index < -0.39 is 7.26 Å². The predicted molar refractivity (Wildman–Crippen MR) is 242 cm³/mol. The third kappa shape index (κ3) is 11.0. The molecule has 6 aromatic carbocycles. The van der Waals surface area contributed by atoms with E-state index in [9.17, 15) is 0 Å². The van der Waals surface area contributed by atoms with Crippen molar-refractivity contribution in [1.82, 2.24) is 4.90 Å². The van der Waals surface area contributed by atoms with Gasteiger partial charge >= 0.3 is 194 Å². The van der Waals surface area contributed by atoms with Gasteiger partial charge in [0, 0.05) is 6.54 Å². The number of hydrogen-bond acceptors (Lipinski definition) is 2. The topological polar surface area (TPSA) is 12.5 Å². The Balaban J connectivity index is 1.10. The van der Waals surface area contributed by atoms with E-state index in [-0.39, 0.29) is 0 Å². The summed E-state index contributed by atoms with van der Waals surface area (Å²) in [5.74, 6) is 0.903. The molecular formula is C52H58NOP. The van der Waals surface area contributed by atoms with Crippen LogP contribution in [0.2, 0.25) is 0 Å². The smallest absolute Gasteiger partial charge is 0.0622 e. The van der Waals surface area contributed by atoms with Gasteiger partial charge in [0.1, 0.15) is 12.4 Å². The van der Waals surface area contributed by atoms with Gasteiger partial charge in [-0.3, -0.25) is 0 Å². The van der Waals surface area contributed by atoms with Crippen molar-refractivity contribution in [2.75, 3.05) is 33.4 Å². The van der Waals surface area contributed by atoms with Crippen LogP contribution in [0.3, 0.4) is 0 Å². The first-order valence-electron chi connectivity index (χ1n) is 20.2. The summed E-state index contributed by atoms with van der Waals surface area (Å²) in [5.41, 5.74) is 6.12. The van der Waals surface area contributed by atoms with Crippen LogP contribution >= 0.6 is 7.26 Å². The van der Waals surface area contributed by atoms with Crippen molar-refractivity contribution >= 4 is 34.3 Å². The van der Waals surface area contributed by atoms with Crippen LogP contribution in [0.5, 0.6) is 5.75 Å². The SMILES string of the molecule is CN(C)CCOc1ccc(/C(=C(/C=CCCCCCCCC[PH](c2ccccc2)(c2ccccc2)c2ccccc2)c2ccccc2)c2ccccc2)cc1. The fraction of sp³-hybridized carbons (Fsp3) is 0.231. The number of rotatable bonds is 20. The van der Waals surface area contributed by atoms with Crippen molar-refractivity contribution in [3.8, 4) is 5.75 Å². The van der Waals surface area contributed by atoms with Crippen LogP contribution in [-0.2, 0) is 0 Å². The Morgan fingerprint density at radius 3 is 1.44 bits per heavy atom. The van der Waals surface area contributed by atoms with E-state index in [1.165, 1.54) is 88.4 Å². The number of hydrogen-bond donors (Lipinski definition) is 0. The van der Waals surface area contributed by atoms with E-state index in [0.29, 0.717) is 6.61 Å². The summed E-state index contributed by atoms with van der Waals surface area (Å²) in [6, 6.07) is 64.3. The number of nitrogens with zero attached hydrogens (tertiary/aromatic N) is 1. The van der Waals surface area contributed by atoms with Crippen LogP contribution in [0.4, 0.5) is 0 Å². The maximum atomic E-state index is 6.04. The molecule has 0 radical (unpaired) electrons.